The zero-order valence-electron chi connectivity index (χ0n) is 9.35. The van der Waals surface area contributed by atoms with Crippen molar-refractivity contribution in [2.75, 3.05) is 0 Å². The predicted molar refractivity (Wildman–Crippen MR) is 61.6 cm³/mol. The minimum absolute atomic E-state index is 0.511. The van der Waals surface area contributed by atoms with E-state index in [-0.39, 0.29) is 0 Å². The van der Waals surface area contributed by atoms with Gasteiger partial charge in [0.15, 0.2) is 0 Å². The number of pyridine rings is 1. The maximum atomic E-state index is 8.56. The summed E-state index contributed by atoms with van der Waals surface area (Å²) in [5.74, 6) is 0.511. The fourth-order valence-corrected chi connectivity index (χ4v) is 1.87. The van der Waals surface area contributed by atoms with Crippen molar-refractivity contribution in [2.24, 2.45) is 5.16 Å². The van der Waals surface area contributed by atoms with Crippen molar-refractivity contribution in [2.45, 2.75) is 39.0 Å². The SMILES string of the molecule is CCCC(CC)c1cccnc1/C=N/O. The quantitative estimate of drug-likeness (QED) is 0.457. The number of aromatic nitrogens is 1. The lowest BCUT2D eigenvalue weighted by Gasteiger charge is -2.15. The van der Waals surface area contributed by atoms with E-state index < -0.39 is 0 Å². The monoisotopic (exact) mass is 206 g/mol. The molecule has 0 aromatic carbocycles. The molecule has 1 heterocycles. The normalized spacial score (nSPS) is 13.2. The second kappa shape index (κ2) is 6.17. The smallest absolute Gasteiger partial charge is 0.0921 e. The minimum Gasteiger partial charge on any atom is -0.411 e. The zero-order chi connectivity index (χ0) is 11.1. The largest absolute Gasteiger partial charge is 0.411 e. The lowest BCUT2D eigenvalue weighted by atomic mass is 9.91. The van der Waals surface area contributed by atoms with Crippen molar-refractivity contribution in [1.29, 1.82) is 0 Å². The molecule has 15 heavy (non-hydrogen) atoms. The van der Waals surface area contributed by atoms with Crippen LogP contribution in [-0.4, -0.2) is 16.4 Å². The van der Waals surface area contributed by atoms with Gasteiger partial charge in [0.2, 0.25) is 0 Å². The number of nitrogens with zero attached hydrogens (tertiary/aromatic N) is 2. The second-order valence-corrected chi connectivity index (χ2v) is 3.62. The van der Waals surface area contributed by atoms with Gasteiger partial charge in [-0.3, -0.25) is 4.98 Å². The highest BCUT2D eigenvalue weighted by Gasteiger charge is 2.12. The lowest BCUT2D eigenvalue weighted by molar-refractivity contribution is 0.321. The summed E-state index contributed by atoms with van der Waals surface area (Å²) in [5.41, 5.74) is 1.96. The van der Waals surface area contributed by atoms with Crippen LogP contribution in [0.3, 0.4) is 0 Å². The van der Waals surface area contributed by atoms with E-state index in [0.29, 0.717) is 5.92 Å². The van der Waals surface area contributed by atoms with Crippen LogP contribution < -0.4 is 0 Å². The number of hydrogen-bond acceptors (Lipinski definition) is 3. The molecule has 0 saturated carbocycles. The minimum atomic E-state index is 0.511. The van der Waals surface area contributed by atoms with Gasteiger partial charge in [0, 0.05) is 6.20 Å². The molecule has 0 aliphatic carbocycles. The standard InChI is InChI=1S/C12H18N2O/c1-3-6-10(4-2)11-7-5-8-13-12(11)9-14-15/h5,7-10,15H,3-4,6H2,1-2H3/b14-9+. The molecule has 0 fully saturated rings. The number of hydrogen-bond donors (Lipinski definition) is 1. The summed E-state index contributed by atoms with van der Waals surface area (Å²) in [6.07, 6.45) is 6.52. The summed E-state index contributed by atoms with van der Waals surface area (Å²) in [4.78, 5) is 4.21. The van der Waals surface area contributed by atoms with Crippen molar-refractivity contribution in [1.82, 2.24) is 4.98 Å². The summed E-state index contributed by atoms with van der Waals surface area (Å²) in [6, 6.07) is 4.00. The molecule has 1 aromatic rings. The highest BCUT2D eigenvalue weighted by Crippen LogP contribution is 2.25. The van der Waals surface area contributed by atoms with Gasteiger partial charge in [-0.1, -0.05) is 31.5 Å². The molecule has 3 heteroatoms. The van der Waals surface area contributed by atoms with E-state index in [1.807, 2.05) is 6.07 Å². The third-order valence-electron chi connectivity index (χ3n) is 2.62. The first kappa shape index (κ1) is 11.7. The number of oxime groups is 1. The Hall–Kier alpha value is -1.38. The Kier molecular flexibility index (Phi) is 4.81. The zero-order valence-corrected chi connectivity index (χ0v) is 9.35. The fourth-order valence-electron chi connectivity index (χ4n) is 1.87. The highest BCUT2D eigenvalue weighted by molar-refractivity contribution is 5.78. The van der Waals surface area contributed by atoms with Gasteiger partial charge in [-0.25, -0.2) is 0 Å². The van der Waals surface area contributed by atoms with Gasteiger partial charge in [-0.15, -0.1) is 0 Å². The number of rotatable bonds is 5. The Balaban J connectivity index is 2.99. The lowest BCUT2D eigenvalue weighted by Crippen LogP contribution is -2.03. The van der Waals surface area contributed by atoms with Gasteiger partial charge in [0.25, 0.3) is 0 Å². The summed E-state index contributed by atoms with van der Waals surface area (Å²) >= 11 is 0. The predicted octanol–water partition coefficient (Wildman–Crippen LogP) is 3.18. The average Bonchev–Trinajstić information content (AvgIpc) is 2.27. The Morgan fingerprint density at radius 2 is 2.33 bits per heavy atom. The van der Waals surface area contributed by atoms with Crippen LogP contribution in [0.2, 0.25) is 0 Å². The molecule has 0 amide bonds. The summed E-state index contributed by atoms with van der Waals surface area (Å²) < 4.78 is 0. The Labute approximate surface area is 90.8 Å². The average molecular weight is 206 g/mol. The van der Waals surface area contributed by atoms with Crippen LogP contribution in [0.4, 0.5) is 0 Å². The van der Waals surface area contributed by atoms with Gasteiger partial charge in [-0.2, -0.15) is 0 Å². The molecule has 0 saturated heterocycles. The van der Waals surface area contributed by atoms with E-state index in [0.717, 1.165) is 25.0 Å². The Bertz CT molecular complexity index is 323. The molecule has 0 spiro atoms. The van der Waals surface area contributed by atoms with Crippen LogP contribution in [0.15, 0.2) is 23.5 Å². The van der Waals surface area contributed by atoms with E-state index in [1.54, 1.807) is 6.20 Å². The topological polar surface area (TPSA) is 45.5 Å². The molecule has 0 aliphatic rings. The molecule has 0 bridgehead atoms. The summed E-state index contributed by atoms with van der Waals surface area (Å²) in [6.45, 7) is 4.35. The maximum absolute atomic E-state index is 8.56. The van der Waals surface area contributed by atoms with Gasteiger partial charge < -0.3 is 5.21 Å². The molecule has 1 unspecified atom stereocenters. The van der Waals surface area contributed by atoms with Crippen LogP contribution in [0, 0.1) is 0 Å². The molecule has 1 N–H and O–H groups in total. The van der Waals surface area contributed by atoms with Crippen molar-refractivity contribution in [3.63, 3.8) is 0 Å². The molecular weight excluding hydrogens is 188 g/mol. The molecule has 0 aliphatic heterocycles. The van der Waals surface area contributed by atoms with Crippen molar-refractivity contribution in [3.8, 4) is 0 Å². The molecule has 1 aromatic heterocycles. The van der Waals surface area contributed by atoms with E-state index in [2.05, 4.69) is 30.1 Å². The van der Waals surface area contributed by atoms with Crippen LogP contribution in [0.1, 0.15) is 50.3 Å². The molecule has 1 atom stereocenters. The van der Waals surface area contributed by atoms with E-state index in [1.165, 1.54) is 11.8 Å². The van der Waals surface area contributed by atoms with Gasteiger partial charge in [-0.05, 0) is 30.4 Å². The molecule has 3 nitrogen and oxygen atoms in total. The van der Waals surface area contributed by atoms with Crippen molar-refractivity contribution < 1.29 is 5.21 Å². The van der Waals surface area contributed by atoms with Gasteiger partial charge in [0.1, 0.15) is 0 Å². The molecule has 1 rings (SSSR count). The maximum Gasteiger partial charge on any atom is 0.0921 e. The van der Waals surface area contributed by atoms with Crippen LogP contribution >= 0.6 is 0 Å². The fraction of sp³-hybridized carbons (Fsp3) is 0.500. The second-order valence-electron chi connectivity index (χ2n) is 3.62. The van der Waals surface area contributed by atoms with Crippen LogP contribution in [0.5, 0.6) is 0 Å². The third kappa shape index (κ3) is 3.05. The van der Waals surface area contributed by atoms with E-state index in [4.69, 9.17) is 5.21 Å². The first-order chi connectivity index (χ1) is 7.33. The van der Waals surface area contributed by atoms with Gasteiger partial charge in [0.05, 0.1) is 11.9 Å². The molecule has 82 valence electrons. The summed E-state index contributed by atoms with van der Waals surface area (Å²) in [5, 5.41) is 11.6. The molecular formula is C12H18N2O. The van der Waals surface area contributed by atoms with E-state index >= 15 is 0 Å². The van der Waals surface area contributed by atoms with Crippen LogP contribution in [-0.2, 0) is 0 Å². The first-order valence-corrected chi connectivity index (χ1v) is 5.45. The molecule has 0 radical (unpaired) electrons. The first-order valence-electron chi connectivity index (χ1n) is 5.45. The third-order valence-corrected chi connectivity index (χ3v) is 2.62. The summed E-state index contributed by atoms with van der Waals surface area (Å²) in [7, 11) is 0. The van der Waals surface area contributed by atoms with Crippen molar-refractivity contribution in [3.05, 3.63) is 29.6 Å². The Morgan fingerprint density at radius 3 is 2.93 bits per heavy atom. The Morgan fingerprint density at radius 1 is 1.53 bits per heavy atom. The van der Waals surface area contributed by atoms with Crippen LogP contribution in [0.25, 0.3) is 0 Å². The van der Waals surface area contributed by atoms with E-state index in [9.17, 15) is 0 Å². The highest BCUT2D eigenvalue weighted by atomic mass is 16.4. The van der Waals surface area contributed by atoms with Crippen molar-refractivity contribution >= 4 is 6.21 Å². The van der Waals surface area contributed by atoms with Gasteiger partial charge >= 0.3 is 0 Å².